The summed E-state index contributed by atoms with van der Waals surface area (Å²) in [5.74, 6) is -0.135. The van der Waals surface area contributed by atoms with Crippen molar-refractivity contribution < 1.29 is 32.9 Å². The van der Waals surface area contributed by atoms with E-state index in [-0.39, 0.29) is 5.75 Å². The minimum atomic E-state index is -2.60. The predicted molar refractivity (Wildman–Crippen MR) is 88.8 cm³/mol. The summed E-state index contributed by atoms with van der Waals surface area (Å²) in [5.41, 5.74) is -0.0127. The number of nitrogens with one attached hydrogen (secondary N) is 1. The normalized spacial score (nSPS) is 11.5. The smallest absolute Gasteiger partial charge is 0.309 e. The highest BCUT2D eigenvalue weighted by atomic mass is 19.3. The molecule has 0 heterocycles. The second-order valence-corrected chi connectivity index (χ2v) is 6.15. The molecule has 0 fully saturated rings. The molecular weight excluding hydrogens is 336 g/mol. The third-order valence-electron chi connectivity index (χ3n) is 3.71. The maximum atomic E-state index is 12.4. The Labute approximate surface area is 146 Å². The molecule has 0 aliphatic carbocycles. The van der Waals surface area contributed by atoms with Crippen LogP contribution in [0.15, 0.2) is 12.1 Å². The number of alkyl halides is 2. The van der Waals surface area contributed by atoms with Crippen molar-refractivity contribution in [2.75, 3.05) is 27.4 Å². The van der Waals surface area contributed by atoms with Gasteiger partial charge < -0.3 is 24.6 Å². The molecule has 0 unspecified atom stereocenters. The molecule has 2 N–H and O–H groups in total. The third-order valence-corrected chi connectivity index (χ3v) is 3.71. The third kappa shape index (κ3) is 6.38. The summed E-state index contributed by atoms with van der Waals surface area (Å²) < 4.78 is 40.2. The summed E-state index contributed by atoms with van der Waals surface area (Å²) in [6.45, 7) is 3.52. The quantitative estimate of drug-likeness (QED) is 0.590. The van der Waals surface area contributed by atoms with Crippen LogP contribution in [-0.4, -0.2) is 44.9 Å². The Bertz CT molecular complexity index is 553. The van der Waals surface area contributed by atoms with Crippen LogP contribution in [0.1, 0.15) is 25.8 Å². The molecule has 0 amide bonds. The summed E-state index contributed by atoms with van der Waals surface area (Å²) in [6.07, 6.45) is -2.14. The number of carboxylic acids is 1. The average molecular weight is 361 g/mol. The lowest BCUT2D eigenvalue weighted by atomic mass is 9.90. The predicted octanol–water partition coefficient (Wildman–Crippen LogP) is 2.94. The van der Waals surface area contributed by atoms with Gasteiger partial charge >= 0.3 is 5.97 Å². The van der Waals surface area contributed by atoms with Crippen molar-refractivity contribution in [3.05, 3.63) is 17.7 Å². The zero-order valence-electron chi connectivity index (χ0n) is 14.9. The van der Waals surface area contributed by atoms with Crippen molar-refractivity contribution in [2.45, 2.75) is 33.2 Å². The van der Waals surface area contributed by atoms with Crippen LogP contribution in [0, 0.1) is 5.41 Å². The Hall–Kier alpha value is -2.09. The number of carboxylic acid groups (broad SMARTS) is 1. The molecule has 8 heteroatoms. The summed E-state index contributed by atoms with van der Waals surface area (Å²) in [5, 5.41) is 12.2. The molecule has 0 radical (unpaired) electrons. The van der Waals surface area contributed by atoms with E-state index in [2.05, 4.69) is 5.32 Å². The first-order valence-electron chi connectivity index (χ1n) is 7.81. The molecule has 0 atom stereocenters. The Balaban J connectivity index is 2.76. The molecule has 0 saturated heterocycles. The van der Waals surface area contributed by atoms with E-state index in [1.807, 2.05) is 0 Å². The minimum absolute atomic E-state index is 0.126. The van der Waals surface area contributed by atoms with E-state index < -0.39 is 24.4 Å². The van der Waals surface area contributed by atoms with Crippen LogP contribution in [0.3, 0.4) is 0 Å². The fourth-order valence-corrected chi connectivity index (χ4v) is 2.07. The first-order chi connectivity index (χ1) is 11.7. The number of rotatable bonds is 11. The fourth-order valence-electron chi connectivity index (χ4n) is 2.07. The van der Waals surface area contributed by atoms with Crippen LogP contribution in [0.2, 0.25) is 0 Å². The largest absolute Gasteiger partial charge is 0.493 e. The van der Waals surface area contributed by atoms with Gasteiger partial charge in [-0.3, -0.25) is 4.79 Å². The molecule has 1 rings (SSSR count). The van der Waals surface area contributed by atoms with Crippen molar-refractivity contribution >= 4 is 5.97 Å². The molecule has 6 nitrogen and oxygen atoms in total. The number of halogens is 2. The topological polar surface area (TPSA) is 77.0 Å². The molecule has 25 heavy (non-hydrogen) atoms. The van der Waals surface area contributed by atoms with Gasteiger partial charge in [-0.15, -0.1) is 0 Å². The highest BCUT2D eigenvalue weighted by Gasteiger charge is 2.26. The molecule has 0 aliphatic rings. The summed E-state index contributed by atoms with van der Waals surface area (Å²) in [6, 6.07) is 3.33. The molecular formula is C17H25F2NO5. The lowest BCUT2D eigenvalue weighted by Gasteiger charge is -2.19. The maximum Gasteiger partial charge on any atom is 0.309 e. The van der Waals surface area contributed by atoms with Crippen LogP contribution in [0.5, 0.6) is 17.2 Å². The van der Waals surface area contributed by atoms with Crippen LogP contribution < -0.4 is 19.5 Å². The van der Waals surface area contributed by atoms with E-state index in [9.17, 15) is 13.6 Å². The van der Waals surface area contributed by atoms with Gasteiger partial charge in [0.1, 0.15) is 6.61 Å². The first-order valence-corrected chi connectivity index (χ1v) is 7.81. The molecule has 142 valence electrons. The lowest BCUT2D eigenvalue weighted by Crippen LogP contribution is -2.28. The molecule has 0 saturated carbocycles. The van der Waals surface area contributed by atoms with Gasteiger partial charge in [0.2, 0.25) is 5.75 Å². The van der Waals surface area contributed by atoms with Gasteiger partial charge in [-0.05, 0) is 44.5 Å². The monoisotopic (exact) mass is 361 g/mol. The zero-order valence-corrected chi connectivity index (χ0v) is 14.9. The van der Waals surface area contributed by atoms with Crippen LogP contribution in [-0.2, 0) is 11.3 Å². The number of hydrogen-bond acceptors (Lipinski definition) is 5. The van der Waals surface area contributed by atoms with Crippen molar-refractivity contribution in [1.82, 2.24) is 5.32 Å². The number of methoxy groups -OCH3 is 2. The number of ether oxygens (including phenoxy) is 3. The summed E-state index contributed by atoms with van der Waals surface area (Å²) >= 11 is 0. The van der Waals surface area contributed by atoms with Gasteiger partial charge in [-0.1, -0.05) is 0 Å². The SMILES string of the molecule is COc1cc(CNCCC(C)(C)C(=O)O)cc(OC)c1OCC(F)F. The van der Waals surface area contributed by atoms with Crippen LogP contribution in [0.25, 0.3) is 0 Å². The molecule has 0 aromatic heterocycles. The number of carbonyl (C=O) groups is 1. The molecule has 0 bridgehead atoms. The fraction of sp³-hybridized carbons (Fsp3) is 0.588. The minimum Gasteiger partial charge on any atom is -0.493 e. The van der Waals surface area contributed by atoms with Crippen LogP contribution >= 0.6 is 0 Å². The summed E-state index contributed by atoms with van der Waals surface area (Å²) in [4.78, 5) is 11.1. The van der Waals surface area contributed by atoms with Crippen molar-refractivity contribution in [3.8, 4) is 17.2 Å². The number of aliphatic carboxylic acids is 1. The van der Waals surface area contributed by atoms with E-state index in [1.165, 1.54) is 14.2 Å². The Morgan fingerprint density at radius 1 is 1.24 bits per heavy atom. The molecule has 1 aromatic carbocycles. The first kappa shape index (κ1) is 21.0. The molecule has 1 aromatic rings. The average Bonchev–Trinajstić information content (AvgIpc) is 2.56. The number of benzene rings is 1. The van der Waals surface area contributed by atoms with Crippen LogP contribution in [0.4, 0.5) is 8.78 Å². The van der Waals surface area contributed by atoms with Crippen molar-refractivity contribution in [2.24, 2.45) is 5.41 Å². The summed E-state index contributed by atoms with van der Waals surface area (Å²) in [7, 11) is 2.83. The van der Waals surface area contributed by atoms with Crippen molar-refractivity contribution in [3.63, 3.8) is 0 Å². The van der Waals surface area contributed by atoms with E-state index in [1.54, 1.807) is 26.0 Å². The highest BCUT2D eigenvalue weighted by molar-refractivity contribution is 5.73. The number of hydrogen-bond donors (Lipinski definition) is 2. The van der Waals surface area contributed by atoms with E-state index >= 15 is 0 Å². The molecule has 0 aliphatic heterocycles. The van der Waals surface area contributed by atoms with Gasteiger partial charge in [-0.25, -0.2) is 8.78 Å². The Morgan fingerprint density at radius 2 is 1.80 bits per heavy atom. The van der Waals surface area contributed by atoms with Crippen molar-refractivity contribution in [1.29, 1.82) is 0 Å². The maximum absolute atomic E-state index is 12.4. The second-order valence-electron chi connectivity index (χ2n) is 6.15. The van der Waals surface area contributed by atoms with Gasteiger partial charge in [0.05, 0.1) is 19.6 Å². The van der Waals surface area contributed by atoms with Gasteiger partial charge in [0.25, 0.3) is 6.43 Å². The standard InChI is InChI=1S/C17H25F2NO5/c1-17(2,16(21)22)5-6-20-9-11-7-12(23-3)15(13(8-11)24-4)25-10-14(18)19/h7-8,14,20H,5-6,9-10H2,1-4H3,(H,21,22). The zero-order chi connectivity index (χ0) is 19.0. The van der Waals surface area contributed by atoms with Gasteiger partial charge in [0, 0.05) is 6.54 Å². The second kappa shape index (κ2) is 9.41. The van der Waals surface area contributed by atoms with E-state index in [4.69, 9.17) is 19.3 Å². The lowest BCUT2D eigenvalue weighted by molar-refractivity contribution is -0.147. The Kier molecular flexibility index (Phi) is 7.89. The Morgan fingerprint density at radius 3 is 2.24 bits per heavy atom. The van der Waals surface area contributed by atoms with Gasteiger partial charge in [-0.2, -0.15) is 0 Å². The highest BCUT2D eigenvalue weighted by Crippen LogP contribution is 2.38. The van der Waals surface area contributed by atoms with Gasteiger partial charge in [0.15, 0.2) is 11.5 Å². The van der Waals surface area contributed by atoms with E-state index in [0.29, 0.717) is 31.0 Å². The van der Waals surface area contributed by atoms with E-state index in [0.717, 1.165) is 5.56 Å². The molecule has 0 spiro atoms.